The maximum atomic E-state index is 11.8. The van der Waals surface area contributed by atoms with Crippen LogP contribution in [0.4, 0.5) is 0 Å². The molecule has 0 radical (unpaired) electrons. The molecular formula is C10H19N3O2. The highest BCUT2D eigenvalue weighted by atomic mass is 16.2. The lowest BCUT2D eigenvalue weighted by atomic mass is 10.1. The molecule has 1 aliphatic rings. The monoisotopic (exact) mass is 213 g/mol. The zero-order valence-electron chi connectivity index (χ0n) is 9.62. The number of amides is 2. The Balaban J connectivity index is 2.54. The standard InChI is InChI=1S/C10H19N3O2/c1-4-13-6-5-11-8(10(13)15)7-9(14)12(2)3/h8,11H,4-7H2,1-3H3. The second-order valence-corrected chi connectivity index (χ2v) is 3.92. The van der Waals surface area contributed by atoms with Crippen LogP contribution < -0.4 is 5.32 Å². The second-order valence-electron chi connectivity index (χ2n) is 3.92. The number of hydrogen-bond acceptors (Lipinski definition) is 3. The molecule has 5 nitrogen and oxygen atoms in total. The van der Waals surface area contributed by atoms with E-state index in [9.17, 15) is 9.59 Å². The molecule has 1 aliphatic heterocycles. The molecule has 2 amide bonds. The molecule has 1 N–H and O–H groups in total. The number of nitrogens with one attached hydrogen (secondary N) is 1. The summed E-state index contributed by atoms with van der Waals surface area (Å²) in [6.07, 6.45) is 0.252. The van der Waals surface area contributed by atoms with E-state index in [-0.39, 0.29) is 24.3 Å². The summed E-state index contributed by atoms with van der Waals surface area (Å²) in [7, 11) is 3.40. The minimum Gasteiger partial charge on any atom is -0.349 e. The summed E-state index contributed by atoms with van der Waals surface area (Å²) >= 11 is 0. The van der Waals surface area contributed by atoms with Crippen LogP contribution in [0.15, 0.2) is 0 Å². The molecule has 0 aromatic rings. The minimum absolute atomic E-state index is 0.0150. The van der Waals surface area contributed by atoms with Crippen LogP contribution in [-0.2, 0) is 9.59 Å². The third-order valence-corrected chi connectivity index (χ3v) is 2.64. The van der Waals surface area contributed by atoms with Crippen molar-refractivity contribution in [1.29, 1.82) is 0 Å². The molecule has 1 atom stereocenters. The number of carbonyl (C=O) groups is 2. The molecule has 1 unspecified atom stereocenters. The van der Waals surface area contributed by atoms with Gasteiger partial charge in [-0.2, -0.15) is 0 Å². The average molecular weight is 213 g/mol. The molecule has 1 heterocycles. The van der Waals surface area contributed by atoms with Gasteiger partial charge in [-0.1, -0.05) is 0 Å². The van der Waals surface area contributed by atoms with Gasteiger partial charge in [-0.05, 0) is 6.92 Å². The van der Waals surface area contributed by atoms with Crippen LogP contribution in [-0.4, -0.2) is 61.4 Å². The van der Waals surface area contributed by atoms with Gasteiger partial charge >= 0.3 is 0 Å². The Labute approximate surface area is 90.4 Å². The molecule has 0 aromatic carbocycles. The Morgan fingerprint density at radius 3 is 2.80 bits per heavy atom. The molecule has 0 saturated carbocycles. The number of carbonyl (C=O) groups excluding carboxylic acids is 2. The van der Waals surface area contributed by atoms with Gasteiger partial charge < -0.3 is 15.1 Å². The smallest absolute Gasteiger partial charge is 0.240 e. The maximum absolute atomic E-state index is 11.8. The van der Waals surface area contributed by atoms with Gasteiger partial charge in [0.05, 0.1) is 12.5 Å². The van der Waals surface area contributed by atoms with Gasteiger partial charge in [0.25, 0.3) is 0 Å². The summed E-state index contributed by atoms with van der Waals surface area (Å²) in [6.45, 7) is 4.17. The van der Waals surface area contributed by atoms with Crippen molar-refractivity contribution in [2.24, 2.45) is 0 Å². The van der Waals surface area contributed by atoms with E-state index in [0.717, 1.165) is 13.1 Å². The predicted molar refractivity (Wildman–Crippen MR) is 57.4 cm³/mol. The molecule has 0 aromatic heterocycles. The summed E-state index contributed by atoms with van der Waals surface area (Å²) < 4.78 is 0. The Hall–Kier alpha value is -1.10. The van der Waals surface area contributed by atoms with Crippen molar-refractivity contribution in [3.63, 3.8) is 0 Å². The predicted octanol–water partition coefficient (Wildman–Crippen LogP) is -0.715. The third kappa shape index (κ3) is 2.92. The van der Waals surface area contributed by atoms with Crippen LogP contribution in [0.1, 0.15) is 13.3 Å². The molecule has 5 heteroatoms. The zero-order valence-corrected chi connectivity index (χ0v) is 9.62. The molecule has 15 heavy (non-hydrogen) atoms. The first-order chi connectivity index (χ1) is 7.06. The van der Waals surface area contributed by atoms with Crippen molar-refractivity contribution in [3.05, 3.63) is 0 Å². The first-order valence-electron chi connectivity index (χ1n) is 5.28. The van der Waals surface area contributed by atoms with Crippen molar-refractivity contribution in [3.8, 4) is 0 Å². The highest BCUT2D eigenvalue weighted by Crippen LogP contribution is 2.05. The average Bonchev–Trinajstić information content (AvgIpc) is 2.21. The van der Waals surface area contributed by atoms with E-state index in [0.29, 0.717) is 6.54 Å². The van der Waals surface area contributed by atoms with Gasteiger partial charge in [-0.3, -0.25) is 9.59 Å². The maximum Gasteiger partial charge on any atom is 0.240 e. The van der Waals surface area contributed by atoms with Gasteiger partial charge in [0.2, 0.25) is 11.8 Å². The number of likely N-dealkylation sites (N-methyl/N-ethyl adjacent to an activating group) is 1. The number of rotatable bonds is 3. The minimum atomic E-state index is -0.339. The van der Waals surface area contributed by atoms with Crippen LogP contribution in [0.25, 0.3) is 0 Å². The molecule has 1 fully saturated rings. The van der Waals surface area contributed by atoms with Crippen molar-refractivity contribution >= 4 is 11.8 Å². The third-order valence-electron chi connectivity index (χ3n) is 2.64. The lowest BCUT2D eigenvalue weighted by Gasteiger charge is -2.32. The lowest BCUT2D eigenvalue weighted by Crippen LogP contribution is -2.56. The van der Waals surface area contributed by atoms with Crippen LogP contribution in [0.2, 0.25) is 0 Å². The Bertz CT molecular complexity index is 253. The molecular weight excluding hydrogens is 194 g/mol. The van der Waals surface area contributed by atoms with Crippen LogP contribution in [0.5, 0.6) is 0 Å². The van der Waals surface area contributed by atoms with Gasteiger partial charge in [0.1, 0.15) is 0 Å². The van der Waals surface area contributed by atoms with Crippen molar-refractivity contribution in [2.75, 3.05) is 33.7 Å². The normalized spacial score (nSPS) is 21.7. The summed E-state index contributed by atoms with van der Waals surface area (Å²) in [5.41, 5.74) is 0. The van der Waals surface area contributed by atoms with E-state index in [2.05, 4.69) is 5.32 Å². The molecule has 1 rings (SSSR count). The summed E-state index contributed by atoms with van der Waals surface area (Å²) in [5.74, 6) is 0.0257. The SMILES string of the molecule is CCN1CCNC(CC(=O)N(C)C)C1=O. The molecule has 1 saturated heterocycles. The van der Waals surface area contributed by atoms with E-state index in [1.54, 1.807) is 19.0 Å². The quantitative estimate of drug-likeness (QED) is 0.673. The van der Waals surface area contributed by atoms with Crippen LogP contribution in [0.3, 0.4) is 0 Å². The molecule has 0 bridgehead atoms. The zero-order chi connectivity index (χ0) is 11.4. The Morgan fingerprint density at radius 2 is 2.27 bits per heavy atom. The topological polar surface area (TPSA) is 52.7 Å². The van der Waals surface area contributed by atoms with Crippen LogP contribution in [0, 0.1) is 0 Å². The van der Waals surface area contributed by atoms with E-state index < -0.39 is 0 Å². The first-order valence-corrected chi connectivity index (χ1v) is 5.28. The molecule has 0 aliphatic carbocycles. The number of hydrogen-bond donors (Lipinski definition) is 1. The Kier molecular flexibility index (Phi) is 4.08. The van der Waals surface area contributed by atoms with E-state index in [1.807, 2.05) is 6.92 Å². The van der Waals surface area contributed by atoms with Crippen LogP contribution >= 0.6 is 0 Å². The summed E-state index contributed by atoms with van der Waals surface area (Å²) in [4.78, 5) is 26.6. The van der Waals surface area contributed by atoms with Gasteiger partial charge in [-0.25, -0.2) is 0 Å². The highest BCUT2D eigenvalue weighted by molar-refractivity contribution is 5.88. The van der Waals surface area contributed by atoms with Crippen molar-refractivity contribution in [2.45, 2.75) is 19.4 Å². The fourth-order valence-electron chi connectivity index (χ4n) is 1.62. The van der Waals surface area contributed by atoms with Crippen molar-refractivity contribution < 1.29 is 9.59 Å². The largest absolute Gasteiger partial charge is 0.349 e. The van der Waals surface area contributed by atoms with Gasteiger partial charge in [0.15, 0.2) is 0 Å². The van der Waals surface area contributed by atoms with Crippen molar-refractivity contribution in [1.82, 2.24) is 15.1 Å². The number of nitrogens with zero attached hydrogens (tertiary/aromatic N) is 2. The van der Waals surface area contributed by atoms with E-state index in [4.69, 9.17) is 0 Å². The molecule has 86 valence electrons. The summed E-state index contributed by atoms with van der Waals surface area (Å²) in [5, 5.41) is 3.08. The lowest BCUT2D eigenvalue weighted by molar-refractivity contribution is -0.139. The first kappa shape index (κ1) is 12.0. The highest BCUT2D eigenvalue weighted by Gasteiger charge is 2.29. The number of piperazine rings is 1. The summed E-state index contributed by atoms with van der Waals surface area (Å²) in [6, 6.07) is -0.339. The fourth-order valence-corrected chi connectivity index (χ4v) is 1.62. The second kappa shape index (κ2) is 5.11. The molecule has 0 spiro atoms. The fraction of sp³-hybridized carbons (Fsp3) is 0.800. The van der Waals surface area contributed by atoms with Gasteiger partial charge in [0, 0.05) is 33.7 Å². The Morgan fingerprint density at radius 1 is 1.60 bits per heavy atom. The van der Waals surface area contributed by atoms with E-state index in [1.165, 1.54) is 4.90 Å². The van der Waals surface area contributed by atoms with E-state index >= 15 is 0 Å². The van der Waals surface area contributed by atoms with Gasteiger partial charge in [-0.15, -0.1) is 0 Å².